The molecule has 0 fully saturated rings. The van der Waals surface area contributed by atoms with Crippen molar-refractivity contribution in [3.8, 4) is 0 Å². The molecule has 1 heterocycles. The van der Waals surface area contributed by atoms with Crippen LogP contribution < -0.4 is 5.56 Å². The maximum atomic E-state index is 13.2. The van der Waals surface area contributed by atoms with Gasteiger partial charge in [0, 0.05) is 6.07 Å². The van der Waals surface area contributed by atoms with Crippen LogP contribution in [0.25, 0.3) is 10.9 Å². The molecule has 5 heteroatoms. The SMILES string of the molecule is O=c1c2ccc(F)cc2ncn1C[C@@H](O)CCc1ccccc1. The zero-order valence-electron chi connectivity index (χ0n) is 12.5. The molecule has 0 bridgehead atoms. The Kier molecular flexibility index (Phi) is 4.48. The summed E-state index contributed by atoms with van der Waals surface area (Å²) in [5.74, 6) is -0.426. The van der Waals surface area contributed by atoms with Gasteiger partial charge in [0.25, 0.3) is 5.56 Å². The number of aromatic nitrogens is 2. The molecule has 118 valence electrons. The van der Waals surface area contributed by atoms with E-state index in [2.05, 4.69) is 4.98 Å². The lowest BCUT2D eigenvalue weighted by Crippen LogP contribution is -2.27. The Morgan fingerprint density at radius 1 is 1.17 bits per heavy atom. The number of aliphatic hydroxyl groups is 1. The van der Waals surface area contributed by atoms with E-state index >= 15 is 0 Å². The first-order valence-corrected chi connectivity index (χ1v) is 7.50. The van der Waals surface area contributed by atoms with Crippen molar-refractivity contribution in [1.82, 2.24) is 9.55 Å². The van der Waals surface area contributed by atoms with Crippen molar-refractivity contribution in [3.05, 3.63) is 76.6 Å². The topological polar surface area (TPSA) is 55.1 Å². The van der Waals surface area contributed by atoms with Gasteiger partial charge in [0.2, 0.25) is 0 Å². The standard InChI is InChI=1S/C18H17FN2O2/c19-14-7-9-16-17(10-14)20-12-21(18(16)23)11-15(22)8-6-13-4-2-1-3-5-13/h1-5,7,9-10,12,15,22H,6,8,11H2/t15-/m0/s1. The maximum Gasteiger partial charge on any atom is 0.261 e. The molecule has 3 aromatic rings. The van der Waals surface area contributed by atoms with E-state index in [-0.39, 0.29) is 12.1 Å². The number of aliphatic hydroxyl groups excluding tert-OH is 1. The van der Waals surface area contributed by atoms with Crippen molar-refractivity contribution >= 4 is 10.9 Å². The van der Waals surface area contributed by atoms with Gasteiger partial charge in [0.05, 0.1) is 29.9 Å². The van der Waals surface area contributed by atoms with Crippen LogP contribution in [-0.2, 0) is 13.0 Å². The van der Waals surface area contributed by atoms with Gasteiger partial charge in [0.1, 0.15) is 5.82 Å². The first kappa shape index (κ1) is 15.4. The van der Waals surface area contributed by atoms with Crippen LogP contribution in [0.15, 0.2) is 59.7 Å². The molecular weight excluding hydrogens is 295 g/mol. The minimum atomic E-state index is -0.646. The van der Waals surface area contributed by atoms with Crippen molar-refractivity contribution in [2.45, 2.75) is 25.5 Å². The molecule has 1 aromatic heterocycles. The van der Waals surface area contributed by atoms with E-state index in [9.17, 15) is 14.3 Å². The summed E-state index contributed by atoms with van der Waals surface area (Å²) in [6.07, 6.45) is 2.00. The van der Waals surface area contributed by atoms with Crippen molar-refractivity contribution in [3.63, 3.8) is 0 Å². The molecule has 0 saturated heterocycles. The number of halogens is 1. The Morgan fingerprint density at radius 3 is 2.74 bits per heavy atom. The van der Waals surface area contributed by atoms with E-state index in [0.29, 0.717) is 17.3 Å². The van der Waals surface area contributed by atoms with Gasteiger partial charge in [-0.1, -0.05) is 30.3 Å². The molecule has 0 unspecified atom stereocenters. The second-order valence-electron chi connectivity index (χ2n) is 5.54. The monoisotopic (exact) mass is 312 g/mol. The van der Waals surface area contributed by atoms with Crippen molar-refractivity contribution in [2.75, 3.05) is 0 Å². The summed E-state index contributed by atoms with van der Waals surface area (Å²) < 4.78 is 14.5. The van der Waals surface area contributed by atoms with Crippen LogP contribution in [0.5, 0.6) is 0 Å². The minimum absolute atomic E-state index is 0.173. The van der Waals surface area contributed by atoms with E-state index in [0.717, 1.165) is 12.0 Å². The predicted octanol–water partition coefficient (Wildman–Crippen LogP) is 2.53. The molecule has 0 saturated carbocycles. The van der Waals surface area contributed by atoms with Gasteiger partial charge in [-0.3, -0.25) is 9.36 Å². The maximum absolute atomic E-state index is 13.2. The molecule has 23 heavy (non-hydrogen) atoms. The van der Waals surface area contributed by atoms with Crippen molar-refractivity contribution < 1.29 is 9.50 Å². The van der Waals surface area contributed by atoms with E-state index in [1.54, 1.807) is 0 Å². The lowest BCUT2D eigenvalue weighted by molar-refractivity contribution is 0.143. The number of hydrogen-bond donors (Lipinski definition) is 1. The number of benzene rings is 2. The Hall–Kier alpha value is -2.53. The Morgan fingerprint density at radius 2 is 1.96 bits per heavy atom. The molecule has 0 spiro atoms. The average Bonchev–Trinajstić information content (AvgIpc) is 2.56. The Bertz CT molecular complexity index is 862. The lowest BCUT2D eigenvalue weighted by Gasteiger charge is -2.13. The smallest absolute Gasteiger partial charge is 0.261 e. The summed E-state index contributed by atoms with van der Waals surface area (Å²) >= 11 is 0. The Labute approximate surface area is 132 Å². The van der Waals surface area contributed by atoms with Gasteiger partial charge in [-0.05, 0) is 30.5 Å². The third-order valence-electron chi connectivity index (χ3n) is 3.80. The van der Waals surface area contributed by atoms with E-state index in [4.69, 9.17) is 0 Å². The second-order valence-corrected chi connectivity index (χ2v) is 5.54. The number of hydrogen-bond acceptors (Lipinski definition) is 3. The first-order chi connectivity index (χ1) is 11.1. The summed E-state index contributed by atoms with van der Waals surface area (Å²) in [6.45, 7) is 0.173. The van der Waals surface area contributed by atoms with E-state index in [1.807, 2.05) is 30.3 Å². The van der Waals surface area contributed by atoms with Crippen LogP contribution in [0, 0.1) is 5.82 Å². The van der Waals surface area contributed by atoms with Gasteiger partial charge in [-0.15, -0.1) is 0 Å². The fourth-order valence-electron chi connectivity index (χ4n) is 2.56. The molecule has 0 radical (unpaired) electrons. The lowest BCUT2D eigenvalue weighted by atomic mass is 10.1. The van der Waals surface area contributed by atoms with Crippen molar-refractivity contribution in [2.24, 2.45) is 0 Å². The van der Waals surface area contributed by atoms with Gasteiger partial charge < -0.3 is 5.11 Å². The highest BCUT2D eigenvalue weighted by Gasteiger charge is 2.10. The number of nitrogens with zero attached hydrogens (tertiary/aromatic N) is 2. The second kappa shape index (κ2) is 6.71. The summed E-state index contributed by atoms with van der Waals surface area (Å²) in [4.78, 5) is 16.4. The zero-order valence-corrected chi connectivity index (χ0v) is 12.5. The fourth-order valence-corrected chi connectivity index (χ4v) is 2.56. The van der Waals surface area contributed by atoms with Crippen LogP contribution in [0.4, 0.5) is 4.39 Å². The van der Waals surface area contributed by atoms with Crippen LogP contribution in [0.2, 0.25) is 0 Å². The third-order valence-corrected chi connectivity index (χ3v) is 3.80. The molecule has 0 aliphatic carbocycles. The summed E-state index contributed by atoms with van der Waals surface area (Å²) in [5.41, 5.74) is 1.20. The molecule has 0 aliphatic rings. The molecule has 2 aromatic carbocycles. The number of rotatable bonds is 5. The quantitative estimate of drug-likeness (QED) is 0.787. The van der Waals surface area contributed by atoms with Crippen LogP contribution >= 0.6 is 0 Å². The first-order valence-electron chi connectivity index (χ1n) is 7.50. The highest BCUT2D eigenvalue weighted by molar-refractivity contribution is 5.77. The molecule has 0 aliphatic heterocycles. The van der Waals surface area contributed by atoms with E-state index < -0.39 is 11.9 Å². The molecule has 4 nitrogen and oxygen atoms in total. The average molecular weight is 312 g/mol. The van der Waals surface area contributed by atoms with Gasteiger partial charge in [0.15, 0.2) is 0 Å². The summed E-state index contributed by atoms with van der Waals surface area (Å²) in [5, 5.41) is 10.5. The molecular formula is C18H17FN2O2. The fraction of sp³-hybridized carbons (Fsp3) is 0.222. The van der Waals surface area contributed by atoms with E-state index in [1.165, 1.54) is 29.1 Å². The normalized spacial score (nSPS) is 12.4. The highest BCUT2D eigenvalue weighted by Crippen LogP contribution is 2.10. The molecule has 1 atom stereocenters. The van der Waals surface area contributed by atoms with Crippen LogP contribution in [-0.4, -0.2) is 20.8 Å². The van der Waals surface area contributed by atoms with Crippen LogP contribution in [0.3, 0.4) is 0 Å². The number of aryl methyl sites for hydroxylation is 1. The molecule has 0 amide bonds. The summed E-state index contributed by atoms with van der Waals surface area (Å²) in [7, 11) is 0. The minimum Gasteiger partial charge on any atom is -0.391 e. The van der Waals surface area contributed by atoms with Crippen LogP contribution in [0.1, 0.15) is 12.0 Å². The van der Waals surface area contributed by atoms with Gasteiger partial charge in [-0.2, -0.15) is 0 Å². The predicted molar refractivity (Wildman–Crippen MR) is 86.7 cm³/mol. The summed E-state index contributed by atoms with van der Waals surface area (Å²) in [6, 6.07) is 13.8. The molecule has 3 rings (SSSR count). The largest absolute Gasteiger partial charge is 0.391 e. The zero-order chi connectivity index (χ0) is 16.2. The van der Waals surface area contributed by atoms with Gasteiger partial charge in [-0.25, -0.2) is 9.37 Å². The molecule has 1 N–H and O–H groups in total. The third kappa shape index (κ3) is 3.63. The number of fused-ring (bicyclic) bond motifs is 1. The van der Waals surface area contributed by atoms with Crippen molar-refractivity contribution in [1.29, 1.82) is 0 Å². The van der Waals surface area contributed by atoms with Gasteiger partial charge >= 0.3 is 0 Å². The highest BCUT2D eigenvalue weighted by atomic mass is 19.1. The Balaban J connectivity index is 1.72.